The second kappa shape index (κ2) is 9.32. The molecule has 0 bridgehead atoms. The van der Waals surface area contributed by atoms with E-state index in [1.165, 1.54) is 29.4 Å². The number of carbonyl (C=O) groups excluding carboxylic acids is 1. The second-order valence-corrected chi connectivity index (χ2v) is 6.69. The molecule has 2 N–H and O–H groups in total. The molecule has 2 aromatic rings. The molecule has 144 valence electrons. The molecule has 1 amide bonds. The monoisotopic (exact) mass is 370 g/mol. The van der Waals surface area contributed by atoms with Crippen molar-refractivity contribution >= 4 is 5.91 Å². The van der Waals surface area contributed by atoms with Gasteiger partial charge in [-0.2, -0.15) is 0 Å². The van der Waals surface area contributed by atoms with E-state index in [2.05, 4.69) is 21.5 Å². The van der Waals surface area contributed by atoms with Crippen LogP contribution in [0.5, 0.6) is 5.75 Å². The van der Waals surface area contributed by atoms with Crippen LogP contribution in [0.4, 0.5) is 0 Å². The minimum absolute atomic E-state index is 0.120. The van der Waals surface area contributed by atoms with E-state index in [1.54, 1.807) is 31.4 Å². The summed E-state index contributed by atoms with van der Waals surface area (Å²) in [4.78, 5) is 16.2. The molecular formula is C20H26N4O3. The summed E-state index contributed by atoms with van der Waals surface area (Å²) in [5, 5.41) is 17.4. The highest BCUT2D eigenvalue weighted by Crippen LogP contribution is 2.20. The number of amides is 1. The van der Waals surface area contributed by atoms with Gasteiger partial charge in [-0.05, 0) is 49.8 Å². The van der Waals surface area contributed by atoms with Crippen molar-refractivity contribution in [1.29, 1.82) is 0 Å². The molecule has 0 saturated heterocycles. The molecule has 7 heteroatoms. The Morgan fingerprint density at radius 2 is 2.15 bits per heavy atom. The second-order valence-electron chi connectivity index (χ2n) is 6.69. The van der Waals surface area contributed by atoms with Crippen LogP contribution in [0.2, 0.25) is 0 Å². The van der Waals surface area contributed by atoms with Crippen LogP contribution in [0.3, 0.4) is 0 Å². The lowest BCUT2D eigenvalue weighted by Gasteiger charge is -2.12. The SMILES string of the molecule is COc1ccc(C(O)Cn2cnc(C(=O)NCCC3=CCCCC3)n2)cc1. The van der Waals surface area contributed by atoms with Crippen LogP contribution in [0.1, 0.15) is 54.4 Å². The van der Waals surface area contributed by atoms with Crippen molar-refractivity contribution in [3.8, 4) is 5.75 Å². The molecule has 0 radical (unpaired) electrons. The number of methoxy groups -OCH3 is 1. The molecule has 0 aliphatic heterocycles. The fraction of sp³-hybridized carbons (Fsp3) is 0.450. The molecule has 27 heavy (non-hydrogen) atoms. The number of nitrogens with zero attached hydrogens (tertiary/aromatic N) is 3. The predicted octanol–water partition coefficient (Wildman–Crippen LogP) is 2.64. The van der Waals surface area contributed by atoms with Crippen LogP contribution in [0.25, 0.3) is 0 Å². The molecule has 0 saturated carbocycles. The summed E-state index contributed by atoms with van der Waals surface area (Å²) in [6, 6.07) is 7.18. The molecule has 1 unspecified atom stereocenters. The molecule has 1 heterocycles. The number of rotatable bonds is 8. The van der Waals surface area contributed by atoms with Gasteiger partial charge in [-0.25, -0.2) is 9.67 Å². The van der Waals surface area contributed by atoms with Gasteiger partial charge in [0.15, 0.2) is 0 Å². The minimum Gasteiger partial charge on any atom is -0.497 e. The third kappa shape index (κ3) is 5.40. The lowest BCUT2D eigenvalue weighted by atomic mass is 9.97. The van der Waals surface area contributed by atoms with Crippen LogP contribution in [0, 0.1) is 0 Å². The number of nitrogens with one attached hydrogen (secondary N) is 1. The highest BCUT2D eigenvalue weighted by atomic mass is 16.5. The van der Waals surface area contributed by atoms with Gasteiger partial charge in [0, 0.05) is 6.54 Å². The zero-order chi connectivity index (χ0) is 19.1. The summed E-state index contributed by atoms with van der Waals surface area (Å²) in [6.45, 7) is 0.813. The van der Waals surface area contributed by atoms with E-state index in [1.807, 2.05) is 0 Å². The maximum absolute atomic E-state index is 12.2. The third-order valence-corrected chi connectivity index (χ3v) is 4.72. The first kappa shape index (κ1) is 19.1. The Balaban J connectivity index is 1.49. The van der Waals surface area contributed by atoms with Gasteiger partial charge in [0.25, 0.3) is 5.91 Å². The fourth-order valence-corrected chi connectivity index (χ4v) is 3.14. The van der Waals surface area contributed by atoms with E-state index >= 15 is 0 Å². The minimum atomic E-state index is -0.744. The van der Waals surface area contributed by atoms with Gasteiger partial charge in [0.05, 0.1) is 19.8 Å². The summed E-state index contributed by atoms with van der Waals surface area (Å²) in [5.41, 5.74) is 2.17. The molecule has 1 aliphatic carbocycles. The molecule has 1 atom stereocenters. The predicted molar refractivity (Wildman–Crippen MR) is 101 cm³/mol. The topological polar surface area (TPSA) is 89.3 Å². The van der Waals surface area contributed by atoms with Crippen LogP contribution in [0.15, 0.2) is 42.2 Å². The number of aromatic nitrogens is 3. The Morgan fingerprint density at radius 3 is 2.85 bits per heavy atom. The Labute approximate surface area is 159 Å². The molecule has 0 fully saturated rings. The summed E-state index contributed by atoms with van der Waals surface area (Å²) >= 11 is 0. The van der Waals surface area contributed by atoms with Crippen molar-refractivity contribution in [2.75, 3.05) is 13.7 Å². The number of hydrogen-bond donors (Lipinski definition) is 2. The first-order chi connectivity index (χ1) is 13.2. The van der Waals surface area contributed by atoms with Crippen molar-refractivity contribution in [2.24, 2.45) is 0 Å². The zero-order valence-corrected chi connectivity index (χ0v) is 15.6. The van der Waals surface area contributed by atoms with Gasteiger partial charge >= 0.3 is 0 Å². The van der Waals surface area contributed by atoms with E-state index in [0.29, 0.717) is 6.54 Å². The van der Waals surface area contributed by atoms with Gasteiger partial charge in [-0.3, -0.25) is 4.79 Å². The maximum atomic E-state index is 12.2. The van der Waals surface area contributed by atoms with Gasteiger partial charge < -0.3 is 15.2 Å². The standard InChI is InChI=1S/C20H26N4O3/c1-27-17-9-7-16(8-10-17)18(25)13-24-14-22-19(23-24)20(26)21-12-11-15-5-3-2-4-6-15/h5,7-10,14,18,25H,2-4,6,11-13H2,1H3,(H,21,26). The largest absolute Gasteiger partial charge is 0.497 e. The van der Waals surface area contributed by atoms with Crippen molar-refractivity contribution < 1.29 is 14.6 Å². The molecule has 1 aromatic heterocycles. The summed E-state index contributed by atoms with van der Waals surface area (Å²) in [5.74, 6) is 0.563. The molecular weight excluding hydrogens is 344 g/mol. The van der Waals surface area contributed by atoms with Crippen molar-refractivity contribution in [3.63, 3.8) is 0 Å². The number of ether oxygens (including phenoxy) is 1. The number of aliphatic hydroxyl groups excluding tert-OH is 1. The summed E-state index contributed by atoms with van der Waals surface area (Å²) < 4.78 is 6.59. The molecule has 0 spiro atoms. The maximum Gasteiger partial charge on any atom is 0.290 e. The number of aliphatic hydroxyl groups is 1. The van der Waals surface area contributed by atoms with Gasteiger partial charge in [0.2, 0.25) is 5.82 Å². The molecule has 1 aromatic carbocycles. The lowest BCUT2D eigenvalue weighted by molar-refractivity contribution is 0.0941. The highest BCUT2D eigenvalue weighted by molar-refractivity contribution is 5.90. The van der Waals surface area contributed by atoms with E-state index in [4.69, 9.17) is 4.74 Å². The number of hydrogen-bond acceptors (Lipinski definition) is 5. The number of carbonyl (C=O) groups is 1. The van der Waals surface area contributed by atoms with E-state index in [9.17, 15) is 9.90 Å². The molecule has 1 aliphatic rings. The fourth-order valence-electron chi connectivity index (χ4n) is 3.14. The third-order valence-electron chi connectivity index (χ3n) is 4.72. The van der Waals surface area contributed by atoms with Crippen LogP contribution in [-0.4, -0.2) is 39.4 Å². The quantitative estimate of drug-likeness (QED) is 0.697. The smallest absolute Gasteiger partial charge is 0.290 e. The number of benzene rings is 1. The average Bonchev–Trinajstić information content (AvgIpc) is 3.17. The van der Waals surface area contributed by atoms with E-state index in [0.717, 1.165) is 30.6 Å². The van der Waals surface area contributed by atoms with E-state index in [-0.39, 0.29) is 18.3 Å². The van der Waals surface area contributed by atoms with Crippen LogP contribution >= 0.6 is 0 Å². The number of allylic oxidation sites excluding steroid dienone is 1. The van der Waals surface area contributed by atoms with Gasteiger partial charge in [-0.1, -0.05) is 23.8 Å². The summed E-state index contributed by atoms with van der Waals surface area (Å²) in [6.07, 6.45) is 8.66. The average molecular weight is 370 g/mol. The van der Waals surface area contributed by atoms with Crippen LogP contribution in [-0.2, 0) is 6.54 Å². The Bertz CT molecular complexity index is 783. The first-order valence-corrected chi connectivity index (χ1v) is 9.33. The lowest BCUT2D eigenvalue weighted by Crippen LogP contribution is -2.26. The van der Waals surface area contributed by atoms with Gasteiger partial charge in [-0.15, -0.1) is 5.10 Å². The zero-order valence-electron chi connectivity index (χ0n) is 15.6. The normalized spacial score (nSPS) is 15.1. The molecule has 7 nitrogen and oxygen atoms in total. The van der Waals surface area contributed by atoms with Crippen molar-refractivity contribution in [2.45, 2.75) is 44.8 Å². The van der Waals surface area contributed by atoms with E-state index < -0.39 is 6.10 Å². The van der Waals surface area contributed by atoms with Crippen molar-refractivity contribution in [3.05, 3.63) is 53.6 Å². The van der Waals surface area contributed by atoms with Gasteiger partial charge in [0.1, 0.15) is 12.1 Å². The Hall–Kier alpha value is -2.67. The summed E-state index contributed by atoms with van der Waals surface area (Å²) in [7, 11) is 1.60. The molecule has 3 rings (SSSR count). The first-order valence-electron chi connectivity index (χ1n) is 9.33. The van der Waals surface area contributed by atoms with Crippen molar-refractivity contribution in [1.82, 2.24) is 20.1 Å². The van der Waals surface area contributed by atoms with Crippen LogP contribution < -0.4 is 10.1 Å². The highest BCUT2D eigenvalue weighted by Gasteiger charge is 2.14. The Morgan fingerprint density at radius 1 is 1.33 bits per heavy atom. The Kier molecular flexibility index (Phi) is 6.59.